The van der Waals surface area contributed by atoms with Crippen LogP contribution in [0.5, 0.6) is 0 Å². The molecule has 4 atom stereocenters. The lowest BCUT2D eigenvalue weighted by atomic mass is 9.72. The number of nitrogens with zero attached hydrogens (tertiary/aromatic N) is 3. The van der Waals surface area contributed by atoms with E-state index in [0.29, 0.717) is 37.3 Å². The number of aliphatic hydroxyl groups excluding tert-OH is 1. The molecule has 3 fully saturated rings. The van der Waals surface area contributed by atoms with Crippen LogP contribution < -0.4 is 5.32 Å². The van der Waals surface area contributed by atoms with E-state index in [1.165, 1.54) is 0 Å². The minimum Gasteiger partial charge on any atom is -0.387 e. The van der Waals surface area contributed by atoms with Crippen LogP contribution in [0.15, 0.2) is 12.1 Å². The summed E-state index contributed by atoms with van der Waals surface area (Å²) in [6.07, 6.45) is 3.27. The molecule has 4 heterocycles. The van der Waals surface area contributed by atoms with Gasteiger partial charge in [-0.1, -0.05) is 0 Å². The number of aromatic nitrogens is 1. The number of nitrogens with one attached hydrogen (secondary N) is 1. The number of carbonyl (C=O) groups excluding carboxylic acids is 3. The largest absolute Gasteiger partial charge is 0.387 e. The second kappa shape index (κ2) is 8.34. The fourth-order valence-corrected chi connectivity index (χ4v) is 5.56. The summed E-state index contributed by atoms with van der Waals surface area (Å²) >= 11 is 0. The Hall–Kier alpha value is -2.48. The number of amides is 3. The van der Waals surface area contributed by atoms with Gasteiger partial charge in [-0.05, 0) is 57.1 Å². The first-order valence-electron chi connectivity index (χ1n) is 10.8. The van der Waals surface area contributed by atoms with Crippen molar-refractivity contribution in [3.05, 3.63) is 29.1 Å². The SMILES string of the molecule is Cc1ccc(C(=O)NC[C@H]2[C@H]3C[C@H](CN(C(=O)CO)C3)[C@@H]3CCCC(=O)N32)c(C)n1. The van der Waals surface area contributed by atoms with Crippen LogP contribution in [-0.2, 0) is 9.59 Å². The van der Waals surface area contributed by atoms with Crippen molar-refractivity contribution >= 4 is 17.7 Å². The van der Waals surface area contributed by atoms with Crippen molar-refractivity contribution in [1.82, 2.24) is 20.1 Å². The summed E-state index contributed by atoms with van der Waals surface area (Å²) in [5, 5.41) is 12.3. The minimum absolute atomic E-state index is 0.0927. The van der Waals surface area contributed by atoms with Gasteiger partial charge < -0.3 is 20.2 Å². The second-order valence-corrected chi connectivity index (χ2v) is 8.84. The molecule has 0 unspecified atom stereocenters. The van der Waals surface area contributed by atoms with Gasteiger partial charge in [0.1, 0.15) is 6.61 Å². The van der Waals surface area contributed by atoms with Gasteiger partial charge in [0.05, 0.1) is 17.3 Å². The Morgan fingerprint density at radius 2 is 2.00 bits per heavy atom. The number of pyridine rings is 1. The molecular formula is C22H30N4O4. The minimum atomic E-state index is -0.492. The van der Waals surface area contributed by atoms with Crippen LogP contribution in [0.3, 0.4) is 0 Å². The quantitative estimate of drug-likeness (QED) is 0.753. The maximum Gasteiger partial charge on any atom is 0.253 e. The van der Waals surface area contributed by atoms with Gasteiger partial charge in [-0.2, -0.15) is 0 Å². The maximum atomic E-state index is 12.8. The van der Waals surface area contributed by atoms with Crippen molar-refractivity contribution in [1.29, 1.82) is 0 Å². The predicted octanol–water partition coefficient (Wildman–Crippen LogP) is 0.649. The highest BCUT2D eigenvalue weighted by Crippen LogP contribution is 2.41. The van der Waals surface area contributed by atoms with Crippen molar-refractivity contribution in [2.75, 3.05) is 26.2 Å². The molecule has 0 radical (unpaired) electrons. The molecular weight excluding hydrogens is 384 g/mol. The Labute approximate surface area is 176 Å². The Bertz CT molecular complexity index is 858. The van der Waals surface area contributed by atoms with Crippen LogP contribution >= 0.6 is 0 Å². The Morgan fingerprint density at radius 3 is 2.73 bits per heavy atom. The van der Waals surface area contributed by atoms with Gasteiger partial charge >= 0.3 is 0 Å². The fourth-order valence-electron chi connectivity index (χ4n) is 5.56. The summed E-state index contributed by atoms with van der Waals surface area (Å²) in [5.41, 5.74) is 2.08. The maximum absolute atomic E-state index is 12.8. The van der Waals surface area contributed by atoms with E-state index in [4.69, 9.17) is 0 Å². The molecule has 0 aliphatic carbocycles. The van der Waals surface area contributed by atoms with Crippen molar-refractivity contribution < 1.29 is 19.5 Å². The molecule has 3 amide bonds. The third-order valence-corrected chi connectivity index (χ3v) is 6.93. The summed E-state index contributed by atoms with van der Waals surface area (Å²) in [6, 6.07) is 3.55. The molecule has 1 aromatic rings. The molecule has 3 saturated heterocycles. The summed E-state index contributed by atoms with van der Waals surface area (Å²) in [7, 11) is 0. The topological polar surface area (TPSA) is 103 Å². The summed E-state index contributed by atoms with van der Waals surface area (Å²) in [6.45, 7) is 4.67. The summed E-state index contributed by atoms with van der Waals surface area (Å²) < 4.78 is 0. The van der Waals surface area contributed by atoms with Crippen LogP contribution in [0, 0.1) is 25.7 Å². The van der Waals surface area contributed by atoms with Crippen molar-refractivity contribution in [3.63, 3.8) is 0 Å². The Balaban J connectivity index is 1.54. The molecule has 1 aromatic heterocycles. The Kier molecular flexibility index (Phi) is 5.77. The average molecular weight is 415 g/mol. The van der Waals surface area contributed by atoms with E-state index in [2.05, 4.69) is 10.3 Å². The van der Waals surface area contributed by atoms with Gasteiger partial charge in [0.15, 0.2) is 0 Å². The number of piperidine rings is 3. The molecule has 162 valence electrons. The zero-order valence-corrected chi connectivity index (χ0v) is 17.6. The van der Waals surface area contributed by atoms with E-state index in [9.17, 15) is 19.5 Å². The third-order valence-electron chi connectivity index (χ3n) is 6.93. The lowest BCUT2D eigenvalue weighted by Crippen LogP contribution is -2.67. The van der Waals surface area contributed by atoms with Gasteiger partial charge in [0.2, 0.25) is 11.8 Å². The van der Waals surface area contributed by atoms with E-state index in [1.54, 1.807) is 11.0 Å². The molecule has 4 rings (SSSR count). The second-order valence-electron chi connectivity index (χ2n) is 8.84. The standard InChI is InChI=1S/C22H30N4O4/c1-13-6-7-17(14(2)24-13)22(30)23-9-19-16-8-15(10-25(11-16)21(29)12-27)18-4-3-5-20(28)26(18)19/h6-7,15-16,18-19,27H,3-5,8-12H2,1-2H3,(H,23,30)/t15-,16+,18+,19+/m1/s1. The first kappa shape index (κ1) is 20.8. The van der Waals surface area contributed by atoms with Crippen LogP contribution in [0.1, 0.15) is 47.4 Å². The highest BCUT2D eigenvalue weighted by Gasteiger charge is 2.49. The number of fused-ring (bicyclic) bond motifs is 4. The van der Waals surface area contributed by atoms with Crippen LogP contribution in [-0.4, -0.2) is 75.9 Å². The summed E-state index contributed by atoms with van der Waals surface area (Å²) in [4.78, 5) is 45.9. The van der Waals surface area contributed by atoms with Crippen molar-refractivity contribution in [3.8, 4) is 0 Å². The van der Waals surface area contributed by atoms with Gasteiger partial charge in [-0.25, -0.2) is 0 Å². The lowest BCUT2D eigenvalue weighted by molar-refractivity contribution is -0.156. The van der Waals surface area contributed by atoms with Gasteiger partial charge in [0, 0.05) is 37.8 Å². The number of carbonyl (C=O) groups is 3. The average Bonchev–Trinajstić information content (AvgIpc) is 2.73. The van der Waals surface area contributed by atoms with Gasteiger partial charge in [-0.3, -0.25) is 19.4 Å². The van der Waals surface area contributed by atoms with Crippen LogP contribution in [0.25, 0.3) is 0 Å². The fraction of sp³-hybridized carbons (Fsp3) is 0.636. The highest BCUT2D eigenvalue weighted by atomic mass is 16.3. The number of hydrogen-bond acceptors (Lipinski definition) is 5. The van der Waals surface area contributed by atoms with E-state index < -0.39 is 6.61 Å². The van der Waals surface area contributed by atoms with E-state index in [1.807, 2.05) is 24.8 Å². The van der Waals surface area contributed by atoms with Gasteiger partial charge in [0.25, 0.3) is 5.91 Å². The summed E-state index contributed by atoms with van der Waals surface area (Å²) in [5.74, 6) is 0.0241. The third kappa shape index (κ3) is 3.80. The lowest BCUT2D eigenvalue weighted by Gasteiger charge is -2.56. The molecule has 3 aliphatic heterocycles. The first-order valence-corrected chi connectivity index (χ1v) is 10.8. The molecule has 0 aromatic carbocycles. The molecule has 2 N–H and O–H groups in total. The number of aryl methyl sites for hydroxylation is 2. The van der Waals surface area contributed by atoms with Crippen molar-refractivity contribution in [2.45, 2.75) is 51.6 Å². The molecule has 0 spiro atoms. The monoisotopic (exact) mass is 414 g/mol. The molecule has 8 heteroatoms. The molecule has 8 nitrogen and oxygen atoms in total. The van der Waals surface area contributed by atoms with Crippen LogP contribution in [0.4, 0.5) is 0 Å². The van der Waals surface area contributed by atoms with E-state index in [-0.39, 0.29) is 41.6 Å². The number of likely N-dealkylation sites (tertiary alicyclic amines) is 1. The zero-order chi connectivity index (χ0) is 21.4. The van der Waals surface area contributed by atoms with Gasteiger partial charge in [-0.15, -0.1) is 0 Å². The highest BCUT2D eigenvalue weighted by molar-refractivity contribution is 5.95. The molecule has 3 aliphatic rings. The number of hydrogen-bond donors (Lipinski definition) is 2. The first-order chi connectivity index (χ1) is 14.4. The number of rotatable bonds is 4. The smallest absolute Gasteiger partial charge is 0.253 e. The van der Waals surface area contributed by atoms with Crippen LogP contribution in [0.2, 0.25) is 0 Å². The molecule has 2 bridgehead atoms. The normalized spacial score (nSPS) is 28.2. The van der Waals surface area contributed by atoms with Crippen molar-refractivity contribution in [2.24, 2.45) is 11.8 Å². The van der Waals surface area contributed by atoms with E-state index in [0.717, 1.165) is 25.0 Å². The number of aliphatic hydroxyl groups is 1. The zero-order valence-electron chi connectivity index (χ0n) is 17.6. The molecule has 30 heavy (non-hydrogen) atoms. The Morgan fingerprint density at radius 1 is 1.23 bits per heavy atom. The molecule has 0 saturated carbocycles. The predicted molar refractivity (Wildman–Crippen MR) is 110 cm³/mol. The van der Waals surface area contributed by atoms with E-state index >= 15 is 0 Å².